The molecule has 0 saturated heterocycles. The number of nitrogens with one attached hydrogen (secondary N) is 1. The van der Waals surface area contributed by atoms with Gasteiger partial charge in [-0.25, -0.2) is 0 Å². The molecule has 21 heavy (non-hydrogen) atoms. The normalized spacial score (nSPS) is 18.8. The molecule has 3 nitrogen and oxygen atoms in total. The third-order valence-electron chi connectivity index (χ3n) is 4.17. The first-order valence-electron chi connectivity index (χ1n) is 7.41. The Bertz CT molecular complexity index is 624. The standard InChI is InChI=1S/C18H20N2O/c19-18(21)17(14-7-2-1-3-8-14)20-16-11-10-13-6-4-5-9-15(13)12-16/h1-9,16-17,20H,10-12H2,(H2,19,21)/t16-,17-/m1/s1. The van der Waals surface area contributed by atoms with E-state index in [0.717, 1.165) is 24.8 Å². The summed E-state index contributed by atoms with van der Waals surface area (Å²) in [5.41, 5.74) is 9.31. The number of rotatable bonds is 4. The van der Waals surface area contributed by atoms with Crippen molar-refractivity contribution in [2.45, 2.75) is 31.3 Å². The second-order valence-electron chi connectivity index (χ2n) is 5.62. The fourth-order valence-electron chi connectivity index (χ4n) is 3.06. The monoisotopic (exact) mass is 280 g/mol. The molecular weight excluding hydrogens is 260 g/mol. The highest BCUT2D eigenvalue weighted by molar-refractivity contribution is 5.81. The van der Waals surface area contributed by atoms with Crippen LogP contribution in [0.15, 0.2) is 54.6 Å². The molecule has 0 saturated carbocycles. The Hall–Kier alpha value is -2.13. The maximum absolute atomic E-state index is 11.8. The molecule has 3 N–H and O–H groups in total. The summed E-state index contributed by atoms with van der Waals surface area (Å²) in [7, 11) is 0. The van der Waals surface area contributed by atoms with E-state index in [-0.39, 0.29) is 11.9 Å². The van der Waals surface area contributed by atoms with Crippen LogP contribution in [0.5, 0.6) is 0 Å². The van der Waals surface area contributed by atoms with Gasteiger partial charge in [-0.15, -0.1) is 0 Å². The minimum Gasteiger partial charge on any atom is -0.368 e. The van der Waals surface area contributed by atoms with Gasteiger partial charge in [-0.05, 0) is 36.0 Å². The van der Waals surface area contributed by atoms with E-state index in [1.165, 1.54) is 11.1 Å². The van der Waals surface area contributed by atoms with Crippen molar-refractivity contribution in [3.63, 3.8) is 0 Å². The van der Waals surface area contributed by atoms with Crippen molar-refractivity contribution in [1.29, 1.82) is 0 Å². The van der Waals surface area contributed by atoms with E-state index in [1.54, 1.807) is 0 Å². The Morgan fingerprint density at radius 1 is 1.05 bits per heavy atom. The molecule has 2 atom stereocenters. The van der Waals surface area contributed by atoms with E-state index < -0.39 is 6.04 Å². The number of fused-ring (bicyclic) bond motifs is 1. The van der Waals surface area contributed by atoms with Crippen LogP contribution >= 0.6 is 0 Å². The molecule has 0 unspecified atom stereocenters. The summed E-state index contributed by atoms with van der Waals surface area (Å²) in [6.45, 7) is 0. The largest absolute Gasteiger partial charge is 0.368 e. The van der Waals surface area contributed by atoms with Gasteiger partial charge in [0.1, 0.15) is 6.04 Å². The summed E-state index contributed by atoms with van der Waals surface area (Å²) in [4.78, 5) is 11.8. The first-order valence-corrected chi connectivity index (χ1v) is 7.41. The van der Waals surface area contributed by atoms with E-state index in [9.17, 15) is 4.79 Å². The number of amides is 1. The van der Waals surface area contributed by atoms with Crippen molar-refractivity contribution >= 4 is 5.91 Å². The van der Waals surface area contributed by atoms with E-state index in [0.29, 0.717) is 0 Å². The highest BCUT2D eigenvalue weighted by Crippen LogP contribution is 2.23. The van der Waals surface area contributed by atoms with Crippen LogP contribution < -0.4 is 11.1 Å². The predicted octanol–water partition coefficient (Wildman–Crippen LogP) is 2.36. The van der Waals surface area contributed by atoms with Gasteiger partial charge in [-0.1, -0.05) is 54.6 Å². The Kier molecular flexibility index (Phi) is 4.02. The smallest absolute Gasteiger partial charge is 0.239 e. The summed E-state index contributed by atoms with van der Waals surface area (Å²) in [6.07, 6.45) is 3.04. The molecule has 1 aliphatic rings. The van der Waals surface area contributed by atoms with Crippen molar-refractivity contribution < 1.29 is 4.79 Å². The van der Waals surface area contributed by atoms with Gasteiger partial charge in [-0.3, -0.25) is 10.1 Å². The number of hydrogen-bond acceptors (Lipinski definition) is 2. The third kappa shape index (κ3) is 3.14. The number of primary amides is 1. The summed E-state index contributed by atoms with van der Waals surface area (Å²) in [6, 6.07) is 18.1. The maximum Gasteiger partial charge on any atom is 0.239 e. The second kappa shape index (κ2) is 6.10. The zero-order valence-corrected chi connectivity index (χ0v) is 12.0. The molecule has 0 aliphatic heterocycles. The molecule has 0 spiro atoms. The first kappa shape index (κ1) is 13.8. The van der Waals surface area contributed by atoms with Crippen molar-refractivity contribution in [1.82, 2.24) is 5.32 Å². The number of hydrogen-bond donors (Lipinski definition) is 2. The van der Waals surface area contributed by atoms with Crippen LogP contribution in [0.3, 0.4) is 0 Å². The van der Waals surface area contributed by atoms with E-state index in [1.807, 2.05) is 30.3 Å². The fraction of sp³-hybridized carbons (Fsp3) is 0.278. The highest BCUT2D eigenvalue weighted by atomic mass is 16.1. The lowest BCUT2D eigenvalue weighted by atomic mass is 9.87. The topological polar surface area (TPSA) is 55.1 Å². The van der Waals surface area contributed by atoms with Gasteiger partial charge in [-0.2, -0.15) is 0 Å². The third-order valence-corrected chi connectivity index (χ3v) is 4.17. The molecule has 0 heterocycles. The van der Waals surface area contributed by atoms with Gasteiger partial charge in [0.2, 0.25) is 5.91 Å². The van der Waals surface area contributed by atoms with Crippen LogP contribution in [0.4, 0.5) is 0 Å². The molecule has 2 aromatic rings. The predicted molar refractivity (Wildman–Crippen MR) is 83.8 cm³/mol. The summed E-state index contributed by atoms with van der Waals surface area (Å²) >= 11 is 0. The quantitative estimate of drug-likeness (QED) is 0.903. The molecule has 108 valence electrons. The van der Waals surface area contributed by atoms with Gasteiger partial charge in [0, 0.05) is 6.04 Å². The minimum atomic E-state index is -0.415. The zero-order valence-electron chi connectivity index (χ0n) is 12.0. The summed E-state index contributed by atoms with van der Waals surface area (Å²) < 4.78 is 0. The average Bonchev–Trinajstić information content (AvgIpc) is 2.53. The maximum atomic E-state index is 11.8. The summed E-state index contributed by atoms with van der Waals surface area (Å²) in [5.74, 6) is -0.319. The second-order valence-corrected chi connectivity index (χ2v) is 5.62. The van der Waals surface area contributed by atoms with E-state index in [4.69, 9.17) is 5.73 Å². The van der Waals surface area contributed by atoms with Crippen molar-refractivity contribution in [2.24, 2.45) is 5.73 Å². The average molecular weight is 280 g/mol. The Balaban J connectivity index is 1.75. The summed E-state index contributed by atoms with van der Waals surface area (Å²) in [5, 5.41) is 3.44. The van der Waals surface area contributed by atoms with E-state index in [2.05, 4.69) is 29.6 Å². The molecule has 0 fully saturated rings. The Morgan fingerprint density at radius 3 is 2.43 bits per heavy atom. The minimum absolute atomic E-state index is 0.289. The zero-order chi connectivity index (χ0) is 14.7. The van der Waals surface area contributed by atoms with E-state index >= 15 is 0 Å². The van der Waals surface area contributed by atoms with Crippen LogP contribution in [0.2, 0.25) is 0 Å². The molecule has 0 aromatic heterocycles. The van der Waals surface area contributed by atoms with Gasteiger partial charge >= 0.3 is 0 Å². The van der Waals surface area contributed by atoms with Gasteiger partial charge in [0.15, 0.2) is 0 Å². The molecule has 1 aliphatic carbocycles. The Morgan fingerprint density at radius 2 is 1.71 bits per heavy atom. The number of nitrogens with two attached hydrogens (primary N) is 1. The highest BCUT2D eigenvalue weighted by Gasteiger charge is 2.24. The lowest BCUT2D eigenvalue weighted by Gasteiger charge is -2.29. The fourth-order valence-corrected chi connectivity index (χ4v) is 3.06. The van der Waals surface area contributed by atoms with Crippen molar-refractivity contribution in [2.75, 3.05) is 0 Å². The molecule has 1 amide bonds. The molecule has 3 rings (SSSR count). The van der Waals surface area contributed by atoms with Gasteiger partial charge in [0.05, 0.1) is 0 Å². The van der Waals surface area contributed by atoms with Crippen LogP contribution in [0.1, 0.15) is 29.2 Å². The first-order chi connectivity index (χ1) is 10.2. The molecular formula is C18H20N2O. The van der Waals surface area contributed by atoms with Crippen LogP contribution in [-0.2, 0) is 17.6 Å². The van der Waals surface area contributed by atoms with Crippen molar-refractivity contribution in [3.8, 4) is 0 Å². The Labute approximate surface area is 125 Å². The molecule has 0 bridgehead atoms. The number of carbonyl (C=O) groups is 1. The lowest BCUT2D eigenvalue weighted by Crippen LogP contribution is -2.42. The molecule has 3 heteroatoms. The SMILES string of the molecule is NC(=O)[C@H](N[C@@H]1CCc2ccccc2C1)c1ccccc1. The van der Waals surface area contributed by atoms with Gasteiger partial charge in [0.25, 0.3) is 0 Å². The number of aryl methyl sites for hydroxylation is 1. The lowest BCUT2D eigenvalue weighted by molar-refractivity contribution is -0.120. The van der Waals surface area contributed by atoms with Crippen LogP contribution in [-0.4, -0.2) is 11.9 Å². The number of benzene rings is 2. The number of carbonyl (C=O) groups excluding carboxylic acids is 1. The molecule has 2 aromatic carbocycles. The van der Waals surface area contributed by atoms with Gasteiger partial charge < -0.3 is 5.73 Å². The van der Waals surface area contributed by atoms with Crippen molar-refractivity contribution in [3.05, 3.63) is 71.3 Å². The van der Waals surface area contributed by atoms with Crippen LogP contribution in [0, 0.1) is 0 Å². The molecule has 0 radical (unpaired) electrons. The van der Waals surface area contributed by atoms with Crippen LogP contribution in [0.25, 0.3) is 0 Å².